The van der Waals surface area contributed by atoms with Crippen molar-refractivity contribution in [2.75, 3.05) is 26.2 Å². The van der Waals surface area contributed by atoms with Gasteiger partial charge in [0.2, 0.25) is 0 Å². The third-order valence-corrected chi connectivity index (χ3v) is 5.10. The van der Waals surface area contributed by atoms with Crippen molar-refractivity contribution in [1.29, 1.82) is 0 Å². The SMILES string of the molecule is CCCN(CC1(O)CCC(C(=O)O)CC1)C1CCNCC1. The van der Waals surface area contributed by atoms with Gasteiger partial charge in [-0.1, -0.05) is 6.92 Å². The summed E-state index contributed by atoms with van der Waals surface area (Å²) >= 11 is 0. The van der Waals surface area contributed by atoms with Crippen LogP contribution < -0.4 is 5.32 Å². The Morgan fingerprint density at radius 3 is 2.38 bits per heavy atom. The molecule has 1 saturated heterocycles. The number of aliphatic hydroxyl groups is 1. The van der Waals surface area contributed by atoms with Gasteiger partial charge in [0.15, 0.2) is 0 Å². The summed E-state index contributed by atoms with van der Waals surface area (Å²) in [6, 6.07) is 0.562. The van der Waals surface area contributed by atoms with Crippen LogP contribution in [0.2, 0.25) is 0 Å². The molecule has 0 aromatic rings. The molecule has 0 unspecified atom stereocenters. The normalized spacial score (nSPS) is 31.5. The largest absolute Gasteiger partial charge is 0.481 e. The van der Waals surface area contributed by atoms with Crippen LogP contribution in [0.3, 0.4) is 0 Å². The van der Waals surface area contributed by atoms with Gasteiger partial charge in [-0.3, -0.25) is 9.69 Å². The molecule has 0 aromatic heterocycles. The van der Waals surface area contributed by atoms with Gasteiger partial charge in [0.05, 0.1) is 11.5 Å². The first-order valence-corrected chi connectivity index (χ1v) is 8.44. The molecule has 3 N–H and O–H groups in total. The predicted molar refractivity (Wildman–Crippen MR) is 82.3 cm³/mol. The smallest absolute Gasteiger partial charge is 0.306 e. The maximum Gasteiger partial charge on any atom is 0.306 e. The molecular formula is C16H30N2O3. The summed E-state index contributed by atoms with van der Waals surface area (Å²) < 4.78 is 0. The Hall–Kier alpha value is -0.650. The van der Waals surface area contributed by atoms with Gasteiger partial charge >= 0.3 is 5.97 Å². The fraction of sp³-hybridized carbons (Fsp3) is 0.938. The zero-order valence-corrected chi connectivity index (χ0v) is 13.2. The second kappa shape index (κ2) is 7.56. The van der Waals surface area contributed by atoms with E-state index in [2.05, 4.69) is 17.1 Å². The number of hydrogen-bond donors (Lipinski definition) is 3. The second-order valence-electron chi connectivity index (χ2n) is 6.79. The van der Waals surface area contributed by atoms with E-state index in [1.165, 1.54) is 0 Å². The minimum atomic E-state index is -0.708. The summed E-state index contributed by atoms with van der Waals surface area (Å²) in [5, 5.41) is 23.3. The van der Waals surface area contributed by atoms with Crippen LogP contribution in [0.5, 0.6) is 0 Å². The van der Waals surface area contributed by atoms with E-state index in [0.29, 0.717) is 38.3 Å². The molecule has 0 spiro atoms. The minimum absolute atomic E-state index is 0.260. The molecule has 1 saturated carbocycles. The number of hydrogen-bond acceptors (Lipinski definition) is 4. The maximum atomic E-state index is 11.0. The van der Waals surface area contributed by atoms with Gasteiger partial charge in [-0.05, 0) is 64.6 Å². The second-order valence-corrected chi connectivity index (χ2v) is 6.79. The summed E-state index contributed by atoms with van der Waals surface area (Å²) in [7, 11) is 0. The van der Waals surface area contributed by atoms with Crippen molar-refractivity contribution in [3.8, 4) is 0 Å². The van der Waals surface area contributed by atoms with Crippen molar-refractivity contribution in [3.63, 3.8) is 0 Å². The molecule has 0 atom stereocenters. The number of aliphatic carboxylic acids is 1. The topological polar surface area (TPSA) is 72.8 Å². The van der Waals surface area contributed by atoms with Crippen LogP contribution in [0.15, 0.2) is 0 Å². The van der Waals surface area contributed by atoms with Crippen LogP contribution >= 0.6 is 0 Å². The predicted octanol–water partition coefficient (Wildman–Crippen LogP) is 1.46. The molecule has 21 heavy (non-hydrogen) atoms. The summed E-state index contributed by atoms with van der Waals surface area (Å²) in [5.41, 5.74) is -0.688. The Kier molecular flexibility index (Phi) is 6.02. The molecule has 1 heterocycles. The highest BCUT2D eigenvalue weighted by Gasteiger charge is 2.38. The Labute approximate surface area is 127 Å². The van der Waals surface area contributed by atoms with Crippen molar-refractivity contribution in [1.82, 2.24) is 10.2 Å². The highest BCUT2D eigenvalue weighted by molar-refractivity contribution is 5.70. The van der Waals surface area contributed by atoms with Crippen molar-refractivity contribution < 1.29 is 15.0 Å². The van der Waals surface area contributed by atoms with Gasteiger partial charge in [0.25, 0.3) is 0 Å². The van der Waals surface area contributed by atoms with Gasteiger partial charge in [0, 0.05) is 12.6 Å². The minimum Gasteiger partial charge on any atom is -0.481 e. The molecule has 0 radical (unpaired) electrons. The van der Waals surface area contributed by atoms with E-state index in [9.17, 15) is 9.90 Å². The van der Waals surface area contributed by atoms with E-state index in [1.807, 2.05) is 0 Å². The summed E-state index contributed by atoms with van der Waals surface area (Å²) in [6.07, 6.45) is 5.85. The number of piperidine rings is 1. The zero-order valence-electron chi connectivity index (χ0n) is 13.2. The van der Waals surface area contributed by atoms with E-state index in [0.717, 1.165) is 38.9 Å². The molecular weight excluding hydrogens is 268 g/mol. The Balaban J connectivity index is 1.91. The number of rotatable bonds is 6. The van der Waals surface area contributed by atoms with Crippen LogP contribution in [0.1, 0.15) is 51.9 Å². The highest BCUT2D eigenvalue weighted by atomic mass is 16.4. The van der Waals surface area contributed by atoms with E-state index >= 15 is 0 Å². The lowest BCUT2D eigenvalue weighted by Crippen LogP contribution is -2.52. The first-order valence-electron chi connectivity index (χ1n) is 8.44. The van der Waals surface area contributed by atoms with Crippen LogP contribution in [0.25, 0.3) is 0 Å². The van der Waals surface area contributed by atoms with Crippen molar-refractivity contribution in [3.05, 3.63) is 0 Å². The quantitative estimate of drug-likeness (QED) is 0.692. The molecule has 122 valence electrons. The summed E-state index contributed by atoms with van der Waals surface area (Å²) in [6.45, 7) is 6.03. The van der Waals surface area contributed by atoms with Gasteiger partial charge in [-0.25, -0.2) is 0 Å². The molecule has 2 fully saturated rings. The van der Waals surface area contributed by atoms with Crippen LogP contribution in [-0.4, -0.2) is 58.9 Å². The van der Waals surface area contributed by atoms with Gasteiger partial charge in [-0.2, -0.15) is 0 Å². The fourth-order valence-corrected chi connectivity index (χ4v) is 3.79. The van der Waals surface area contributed by atoms with Crippen molar-refractivity contribution in [2.45, 2.75) is 63.5 Å². The number of carboxylic acid groups (broad SMARTS) is 1. The maximum absolute atomic E-state index is 11.0. The molecule has 5 nitrogen and oxygen atoms in total. The number of carboxylic acids is 1. The lowest BCUT2D eigenvalue weighted by molar-refractivity contribution is -0.145. The van der Waals surface area contributed by atoms with Gasteiger partial charge in [-0.15, -0.1) is 0 Å². The Morgan fingerprint density at radius 1 is 1.24 bits per heavy atom. The summed E-state index contributed by atoms with van der Waals surface area (Å²) in [4.78, 5) is 13.5. The van der Waals surface area contributed by atoms with Gasteiger partial charge < -0.3 is 15.5 Å². The molecule has 1 aliphatic heterocycles. The molecule has 0 aromatic carbocycles. The lowest BCUT2D eigenvalue weighted by Gasteiger charge is -2.42. The third kappa shape index (κ3) is 4.66. The van der Waals surface area contributed by atoms with E-state index in [4.69, 9.17) is 5.11 Å². The highest BCUT2D eigenvalue weighted by Crippen LogP contribution is 2.33. The number of nitrogens with zero attached hydrogens (tertiary/aromatic N) is 1. The monoisotopic (exact) mass is 298 g/mol. The molecule has 1 aliphatic carbocycles. The van der Waals surface area contributed by atoms with Crippen LogP contribution in [-0.2, 0) is 4.79 Å². The average Bonchev–Trinajstić information content (AvgIpc) is 2.48. The molecule has 2 rings (SSSR count). The lowest BCUT2D eigenvalue weighted by atomic mass is 9.78. The zero-order chi connectivity index (χ0) is 15.3. The summed E-state index contributed by atoms with van der Waals surface area (Å²) in [5.74, 6) is -0.968. The average molecular weight is 298 g/mol. The molecule has 2 aliphatic rings. The molecule has 0 amide bonds. The standard InChI is InChI=1S/C16H30N2O3/c1-2-11-18(14-5-9-17-10-6-14)12-16(21)7-3-13(4-8-16)15(19)20/h13-14,17,21H,2-12H2,1H3,(H,19,20). The first kappa shape index (κ1) is 16.7. The number of nitrogens with one attached hydrogen (secondary N) is 1. The third-order valence-electron chi connectivity index (χ3n) is 5.10. The van der Waals surface area contributed by atoms with Crippen LogP contribution in [0.4, 0.5) is 0 Å². The molecule has 0 bridgehead atoms. The van der Waals surface area contributed by atoms with Crippen LogP contribution in [0, 0.1) is 5.92 Å². The number of carbonyl (C=O) groups is 1. The van der Waals surface area contributed by atoms with E-state index in [1.54, 1.807) is 0 Å². The van der Waals surface area contributed by atoms with Crippen molar-refractivity contribution >= 4 is 5.97 Å². The van der Waals surface area contributed by atoms with E-state index in [-0.39, 0.29) is 5.92 Å². The Bertz CT molecular complexity index is 334. The molecule has 5 heteroatoms. The van der Waals surface area contributed by atoms with E-state index < -0.39 is 11.6 Å². The van der Waals surface area contributed by atoms with Crippen molar-refractivity contribution in [2.24, 2.45) is 5.92 Å². The first-order chi connectivity index (χ1) is 10.0. The van der Waals surface area contributed by atoms with Gasteiger partial charge in [0.1, 0.15) is 0 Å². The fourth-order valence-electron chi connectivity index (χ4n) is 3.79. The Morgan fingerprint density at radius 2 is 1.86 bits per heavy atom.